The maximum absolute atomic E-state index is 13.6. The fraction of sp³-hybridized carbons (Fsp3) is 0.176. The minimum absolute atomic E-state index is 0.187. The van der Waals surface area contributed by atoms with Gasteiger partial charge >= 0.3 is 0 Å². The van der Waals surface area contributed by atoms with Gasteiger partial charge in [-0.1, -0.05) is 11.6 Å². The van der Waals surface area contributed by atoms with Gasteiger partial charge in [-0.2, -0.15) is 0 Å². The van der Waals surface area contributed by atoms with E-state index in [0.29, 0.717) is 22.5 Å². The number of methoxy groups -OCH3 is 1. The van der Waals surface area contributed by atoms with Gasteiger partial charge < -0.3 is 10.1 Å². The summed E-state index contributed by atoms with van der Waals surface area (Å²) >= 11 is 5.95. The van der Waals surface area contributed by atoms with Crippen LogP contribution in [0.5, 0.6) is 5.75 Å². The Kier molecular flexibility index (Phi) is 5.93. The van der Waals surface area contributed by atoms with Gasteiger partial charge in [0.2, 0.25) is 11.8 Å². The molecule has 2 aromatic rings. The zero-order valence-corrected chi connectivity index (χ0v) is 14.2. The number of rotatable bonds is 5. The Bertz CT molecular complexity index is 814. The molecule has 0 spiro atoms. The van der Waals surface area contributed by atoms with Crippen LogP contribution in [0.4, 0.5) is 20.2 Å². The number of anilines is 2. The minimum atomic E-state index is -0.914. The molecule has 0 atom stereocenters. The average Bonchev–Trinajstić information content (AvgIpc) is 2.55. The van der Waals surface area contributed by atoms with E-state index in [1.807, 2.05) is 0 Å². The SMILES string of the molecule is COc1ccc(Cl)cc1N(CC(=O)Nc1ccc(F)cc1F)C(C)=O. The van der Waals surface area contributed by atoms with Crippen molar-refractivity contribution in [3.8, 4) is 5.75 Å². The van der Waals surface area contributed by atoms with Crippen molar-refractivity contribution in [1.82, 2.24) is 0 Å². The van der Waals surface area contributed by atoms with E-state index in [-0.39, 0.29) is 5.69 Å². The number of ether oxygens (including phenoxy) is 1. The normalized spacial score (nSPS) is 10.3. The van der Waals surface area contributed by atoms with E-state index in [4.69, 9.17) is 16.3 Å². The summed E-state index contributed by atoms with van der Waals surface area (Å²) in [6.45, 7) is 0.870. The van der Waals surface area contributed by atoms with Crippen LogP contribution >= 0.6 is 11.6 Å². The summed E-state index contributed by atoms with van der Waals surface area (Å²) in [7, 11) is 1.42. The van der Waals surface area contributed by atoms with Crippen LogP contribution in [0.25, 0.3) is 0 Å². The highest BCUT2D eigenvalue weighted by Crippen LogP contribution is 2.31. The van der Waals surface area contributed by atoms with Crippen LogP contribution in [0.2, 0.25) is 5.02 Å². The van der Waals surface area contributed by atoms with Gasteiger partial charge in [0.15, 0.2) is 0 Å². The van der Waals surface area contributed by atoms with Crippen molar-refractivity contribution in [2.45, 2.75) is 6.92 Å². The number of carbonyl (C=O) groups is 2. The van der Waals surface area contributed by atoms with Crippen molar-refractivity contribution in [3.63, 3.8) is 0 Å². The number of nitrogens with one attached hydrogen (secondary N) is 1. The number of amides is 2. The molecule has 1 N–H and O–H groups in total. The monoisotopic (exact) mass is 368 g/mol. The van der Waals surface area contributed by atoms with Gasteiger partial charge in [0.05, 0.1) is 18.5 Å². The Balaban J connectivity index is 2.23. The van der Waals surface area contributed by atoms with Gasteiger partial charge in [-0.15, -0.1) is 0 Å². The molecule has 0 saturated heterocycles. The van der Waals surface area contributed by atoms with Gasteiger partial charge in [0.1, 0.15) is 23.9 Å². The molecule has 132 valence electrons. The molecule has 5 nitrogen and oxygen atoms in total. The summed E-state index contributed by atoms with van der Waals surface area (Å²) in [6.07, 6.45) is 0. The third-order valence-corrected chi connectivity index (χ3v) is 3.55. The molecule has 0 aliphatic carbocycles. The first kappa shape index (κ1) is 18.7. The van der Waals surface area contributed by atoms with E-state index in [1.165, 1.54) is 20.1 Å². The second-order valence-corrected chi connectivity index (χ2v) is 5.53. The van der Waals surface area contributed by atoms with Crippen LogP contribution in [-0.4, -0.2) is 25.5 Å². The van der Waals surface area contributed by atoms with E-state index in [2.05, 4.69) is 5.32 Å². The van der Waals surface area contributed by atoms with Crippen LogP contribution in [0.15, 0.2) is 36.4 Å². The quantitative estimate of drug-likeness (QED) is 0.877. The molecule has 0 bridgehead atoms. The molecule has 0 aliphatic rings. The van der Waals surface area contributed by atoms with Crippen molar-refractivity contribution < 1.29 is 23.1 Å². The number of carbonyl (C=O) groups excluding carboxylic acids is 2. The molecule has 0 unspecified atom stereocenters. The predicted octanol–water partition coefficient (Wildman–Crippen LogP) is 3.62. The maximum Gasteiger partial charge on any atom is 0.244 e. The fourth-order valence-electron chi connectivity index (χ4n) is 2.16. The number of benzene rings is 2. The van der Waals surface area contributed by atoms with E-state index in [9.17, 15) is 18.4 Å². The first-order valence-electron chi connectivity index (χ1n) is 7.18. The molecule has 25 heavy (non-hydrogen) atoms. The van der Waals surface area contributed by atoms with Crippen molar-refractivity contribution in [2.24, 2.45) is 0 Å². The highest BCUT2D eigenvalue weighted by atomic mass is 35.5. The molecule has 0 aromatic heterocycles. The molecule has 0 fully saturated rings. The Morgan fingerprint density at radius 3 is 2.52 bits per heavy atom. The number of nitrogens with zero attached hydrogens (tertiary/aromatic N) is 1. The summed E-state index contributed by atoms with van der Waals surface area (Å²) in [5, 5.41) is 2.65. The number of hydrogen-bond acceptors (Lipinski definition) is 3. The van der Waals surface area contributed by atoms with Crippen LogP contribution in [-0.2, 0) is 9.59 Å². The highest BCUT2D eigenvalue weighted by Gasteiger charge is 2.20. The van der Waals surface area contributed by atoms with E-state index < -0.39 is 30.0 Å². The predicted molar refractivity (Wildman–Crippen MR) is 91.0 cm³/mol. The second kappa shape index (κ2) is 7.94. The zero-order chi connectivity index (χ0) is 18.6. The largest absolute Gasteiger partial charge is 0.495 e. The molecule has 0 radical (unpaired) electrons. The lowest BCUT2D eigenvalue weighted by molar-refractivity contribution is -0.120. The minimum Gasteiger partial charge on any atom is -0.495 e. The van der Waals surface area contributed by atoms with Crippen LogP contribution in [0.1, 0.15) is 6.92 Å². The van der Waals surface area contributed by atoms with E-state index in [0.717, 1.165) is 17.0 Å². The van der Waals surface area contributed by atoms with Gasteiger partial charge in [0.25, 0.3) is 0 Å². The molecule has 0 saturated carbocycles. The third kappa shape index (κ3) is 4.67. The summed E-state index contributed by atoms with van der Waals surface area (Å²) < 4.78 is 31.7. The topological polar surface area (TPSA) is 58.6 Å². The van der Waals surface area contributed by atoms with Crippen molar-refractivity contribution in [2.75, 3.05) is 23.9 Å². The molecule has 0 heterocycles. The van der Waals surface area contributed by atoms with Crippen LogP contribution < -0.4 is 15.0 Å². The molecule has 2 amide bonds. The third-order valence-electron chi connectivity index (χ3n) is 3.32. The van der Waals surface area contributed by atoms with Gasteiger partial charge in [-0.05, 0) is 30.3 Å². The molecule has 8 heteroatoms. The fourth-order valence-corrected chi connectivity index (χ4v) is 2.33. The number of halogens is 3. The van der Waals surface area contributed by atoms with Gasteiger partial charge in [-0.25, -0.2) is 8.78 Å². The van der Waals surface area contributed by atoms with Gasteiger partial charge in [0, 0.05) is 18.0 Å². The molecule has 0 aliphatic heterocycles. The second-order valence-electron chi connectivity index (χ2n) is 5.09. The average molecular weight is 369 g/mol. The lowest BCUT2D eigenvalue weighted by atomic mass is 10.2. The van der Waals surface area contributed by atoms with Crippen LogP contribution in [0.3, 0.4) is 0 Å². The lowest BCUT2D eigenvalue weighted by Gasteiger charge is -2.23. The Hall–Kier alpha value is -2.67. The number of hydrogen-bond donors (Lipinski definition) is 1. The highest BCUT2D eigenvalue weighted by molar-refractivity contribution is 6.31. The Morgan fingerprint density at radius 2 is 1.92 bits per heavy atom. The molecule has 2 aromatic carbocycles. The standard InChI is InChI=1S/C17H15ClF2N2O3/c1-10(23)22(15-7-11(18)3-6-16(15)25-2)9-17(24)21-14-5-4-12(19)8-13(14)20/h3-8H,9H2,1-2H3,(H,21,24). The summed E-state index contributed by atoms with van der Waals surface area (Å²) in [6, 6.07) is 7.38. The summed E-state index contributed by atoms with van der Waals surface area (Å²) in [5.74, 6) is -2.43. The van der Waals surface area contributed by atoms with E-state index >= 15 is 0 Å². The summed E-state index contributed by atoms with van der Waals surface area (Å²) in [4.78, 5) is 25.3. The molecular weight excluding hydrogens is 354 g/mol. The maximum atomic E-state index is 13.6. The first-order valence-corrected chi connectivity index (χ1v) is 7.56. The molecular formula is C17H15ClF2N2O3. The van der Waals surface area contributed by atoms with Crippen LogP contribution in [0, 0.1) is 11.6 Å². The first-order chi connectivity index (χ1) is 11.8. The zero-order valence-electron chi connectivity index (χ0n) is 13.5. The Labute approximate surface area is 148 Å². The molecule has 2 rings (SSSR count). The van der Waals surface area contributed by atoms with E-state index in [1.54, 1.807) is 12.1 Å². The Morgan fingerprint density at radius 1 is 1.20 bits per heavy atom. The van der Waals surface area contributed by atoms with Crippen molar-refractivity contribution in [1.29, 1.82) is 0 Å². The summed E-state index contributed by atoms with van der Waals surface area (Å²) in [5.41, 5.74) is 0.116. The van der Waals surface area contributed by atoms with Gasteiger partial charge in [-0.3, -0.25) is 14.5 Å². The lowest BCUT2D eigenvalue weighted by Crippen LogP contribution is -2.37. The van der Waals surface area contributed by atoms with Crippen molar-refractivity contribution in [3.05, 3.63) is 53.1 Å². The van der Waals surface area contributed by atoms with Crippen molar-refractivity contribution >= 4 is 34.8 Å². The smallest absolute Gasteiger partial charge is 0.244 e.